The van der Waals surface area contributed by atoms with Crippen molar-refractivity contribution in [1.29, 1.82) is 0 Å². The summed E-state index contributed by atoms with van der Waals surface area (Å²) >= 11 is 0. The molecule has 0 radical (unpaired) electrons. The molecule has 110 valence electrons. The molecule has 1 aromatic carbocycles. The summed E-state index contributed by atoms with van der Waals surface area (Å²) in [6.07, 6.45) is 4.13. The molecule has 0 atom stereocenters. The molecule has 0 heterocycles. The van der Waals surface area contributed by atoms with Gasteiger partial charge in [-0.1, -0.05) is 25.0 Å². The van der Waals surface area contributed by atoms with Crippen LogP contribution in [0.4, 0.5) is 19.3 Å². The highest BCUT2D eigenvalue weighted by Crippen LogP contribution is 2.29. The van der Waals surface area contributed by atoms with Crippen LogP contribution in [-0.2, 0) is 0 Å². The molecule has 1 aliphatic rings. The van der Waals surface area contributed by atoms with Gasteiger partial charge in [-0.2, -0.15) is 8.78 Å². The molecule has 20 heavy (non-hydrogen) atoms. The first-order valence-electron chi connectivity index (χ1n) is 6.68. The molecule has 2 rings (SSSR count). The molecule has 0 aliphatic heterocycles. The van der Waals surface area contributed by atoms with Gasteiger partial charge in [0.25, 0.3) is 0 Å². The number of carbonyl (C=O) groups is 1. The number of halogens is 2. The number of aryl methyl sites for hydroxylation is 1. The van der Waals surface area contributed by atoms with Crippen molar-refractivity contribution in [2.75, 3.05) is 5.32 Å². The Morgan fingerprint density at radius 3 is 2.70 bits per heavy atom. The van der Waals surface area contributed by atoms with Gasteiger partial charge in [0.1, 0.15) is 5.75 Å². The van der Waals surface area contributed by atoms with E-state index in [0.717, 1.165) is 25.7 Å². The number of hydrogen-bond acceptors (Lipinski definition) is 2. The Morgan fingerprint density at radius 1 is 1.35 bits per heavy atom. The largest absolute Gasteiger partial charge is 0.433 e. The van der Waals surface area contributed by atoms with Gasteiger partial charge in [0, 0.05) is 6.04 Å². The highest BCUT2D eigenvalue weighted by molar-refractivity contribution is 5.92. The van der Waals surface area contributed by atoms with Crippen LogP contribution < -0.4 is 15.4 Å². The predicted octanol–water partition coefficient (Wildman–Crippen LogP) is 3.66. The number of rotatable bonds is 4. The molecule has 4 nitrogen and oxygen atoms in total. The first-order chi connectivity index (χ1) is 9.56. The maximum atomic E-state index is 12.3. The van der Waals surface area contributed by atoms with Gasteiger partial charge in [0.2, 0.25) is 0 Å². The van der Waals surface area contributed by atoms with Crippen LogP contribution in [0.15, 0.2) is 18.2 Å². The van der Waals surface area contributed by atoms with Crippen molar-refractivity contribution < 1.29 is 18.3 Å². The van der Waals surface area contributed by atoms with Crippen LogP contribution >= 0.6 is 0 Å². The predicted molar refractivity (Wildman–Crippen MR) is 72.2 cm³/mol. The molecule has 0 saturated heterocycles. The van der Waals surface area contributed by atoms with Crippen LogP contribution in [-0.4, -0.2) is 18.7 Å². The minimum absolute atomic E-state index is 0.0263. The number of urea groups is 1. The Kier molecular flexibility index (Phi) is 4.76. The lowest BCUT2D eigenvalue weighted by Gasteiger charge is -2.17. The van der Waals surface area contributed by atoms with Crippen molar-refractivity contribution in [3.63, 3.8) is 0 Å². The Hall–Kier alpha value is -1.85. The number of amides is 2. The quantitative estimate of drug-likeness (QED) is 0.886. The molecule has 0 bridgehead atoms. The molecular formula is C14H18F2N2O2. The van der Waals surface area contributed by atoms with E-state index in [1.807, 2.05) is 0 Å². The van der Waals surface area contributed by atoms with Crippen LogP contribution in [0, 0.1) is 6.92 Å². The third-order valence-corrected chi connectivity index (χ3v) is 3.38. The molecule has 1 aliphatic carbocycles. The summed E-state index contributed by atoms with van der Waals surface area (Å²) in [5.74, 6) is -0.0263. The van der Waals surface area contributed by atoms with Crippen molar-refractivity contribution in [2.45, 2.75) is 45.3 Å². The summed E-state index contributed by atoms with van der Waals surface area (Å²) in [6, 6.07) is 4.52. The van der Waals surface area contributed by atoms with E-state index in [-0.39, 0.29) is 23.5 Å². The molecule has 1 fully saturated rings. The van der Waals surface area contributed by atoms with Crippen molar-refractivity contribution in [2.24, 2.45) is 0 Å². The van der Waals surface area contributed by atoms with Crippen LogP contribution in [0.2, 0.25) is 0 Å². The smallest absolute Gasteiger partial charge is 0.387 e. The van der Waals surface area contributed by atoms with E-state index in [0.29, 0.717) is 5.56 Å². The van der Waals surface area contributed by atoms with E-state index in [1.165, 1.54) is 6.07 Å². The second-order valence-electron chi connectivity index (χ2n) is 4.91. The molecule has 6 heteroatoms. The summed E-state index contributed by atoms with van der Waals surface area (Å²) in [5.41, 5.74) is 0.952. The summed E-state index contributed by atoms with van der Waals surface area (Å²) < 4.78 is 29.1. The first kappa shape index (κ1) is 14.6. The standard InChI is InChI=1S/C14H18F2N2O2/c1-9-5-4-8-11(20-13(15)16)12(9)18-14(19)17-10-6-2-3-7-10/h4-5,8,10,13H,2-3,6-7H2,1H3,(H2,17,18,19). The Labute approximate surface area is 116 Å². The van der Waals surface area contributed by atoms with Gasteiger partial charge in [-0.15, -0.1) is 0 Å². The number of anilines is 1. The molecule has 2 amide bonds. The SMILES string of the molecule is Cc1cccc(OC(F)F)c1NC(=O)NC1CCCC1. The molecule has 0 unspecified atom stereocenters. The topological polar surface area (TPSA) is 50.4 Å². The van der Waals surface area contributed by atoms with Crippen LogP contribution in [0.1, 0.15) is 31.2 Å². The Balaban J connectivity index is 2.05. The fraction of sp³-hybridized carbons (Fsp3) is 0.500. The fourth-order valence-electron chi connectivity index (χ4n) is 2.40. The molecular weight excluding hydrogens is 266 g/mol. The molecule has 0 aromatic heterocycles. The van der Waals surface area contributed by atoms with Crippen molar-refractivity contribution in [1.82, 2.24) is 5.32 Å². The van der Waals surface area contributed by atoms with Gasteiger partial charge in [0.05, 0.1) is 5.69 Å². The highest BCUT2D eigenvalue weighted by atomic mass is 19.3. The third-order valence-electron chi connectivity index (χ3n) is 3.38. The second-order valence-corrected chi connectivity index (χ2v) is 4.91. The fourth-order valence-corrected chi connectivity index (χ4v) is 2.40. The maximum absolute atomic E-state index is 12.3. The summed E-state index contributed by atoms with van der Waals surface area (Å²) in [6.45, 7) is -1.20. The van der Waals surface area contributed by atoms with E-state index >= 15 is 0 Å². The summed E-state index contributed by atoms with van der Waals surface area (Å²) in [7, 11) is 0. The van der Waals surface area contributed by atoms with E-state index in [4.69, 9.17) is 0 Å². The van der Waals surface area contributed by atoms with Gasteiger partial charge in [0.15, 0.2) is 0 Å². The van der Waals surface area contributed by atoms with Crippen LogP contribution in [0.5, 0.6) is 5.75 Å². The molecule has 0 spiro atoms. The van der Waals surface area contributed by atoms with Gasteiger partial charge < -0.3 is 15.4 Å². The Bertz CT molecular complexity index is 474. The minimum Gasteiger partial charge on any atom is -0.433 e. The average Bonchev–Trinajstić information content (AvgIpc) is 2.85. The third kappa shape index (κ3) is 3.82. The van der Waals surface area contributed by atoms with E-state index in [9.17, 15) is 13.6 Å². The van der Waals surface area contributed by atoms with Gasteiger partial charge in [-0.05, 0) is 31.4 Å². The lowest BCUT2D eigenvalue weighted by atomic mass is 10.2. The Morgan fingerprint density at radius 2 is 2.05 bits per heavy atom. The maximum Gasteiger partial charge on any atom is 0.387 e. The lowest BCUT2D eigenvalue weighted by Crippen LogP contribution is -2.36. The van der Waals surface area contributed by atoms with Gasteiger partial charge >= 0.3 is 12.6 Å². The number of alkyl halides is 2. The monoisotopic (exact) mass is 284 g/mol. The lowest BCUT2D eigenvalue weighted by molar-refractivity contribution is -0.0493. The first-order valence-corrected chi connectivity index (χ1v) is 6.68. The summed E-state index contributed by atoms with van der Waals surface area (Å²) in [5, 5.41) is 5.44. The zero-order chi connectivity index (χ0) is 14.5. The highest BCUT2D eigenvalue weighted by Gasteiger charge is 2.19. The van der Waals surface area contributed by atoms with E-state index in [2.05, 4.69) is 15.4 Å². The van der Waals surface area contributed by atoms with E-state index in [1.54, 1.807) is 19.1 Å². The van der Waals surface area contributed by atoms with Crippen molar-refractivity contribution in [3.05, 3.63) is 23.8 Å². The number of nitrogens with one attached hydrogen (secondary N) is 2. The minimum atomic E-state index is -2.92. The number of para-hydroxylation sites is 1. The number of hydrogen-bond donors (Lipinski definition) is 2. The second kappa shape index (κ2) is 6.54. The van der Waals surface area contributed by atoms with Gasteiger partial charge in [-0.3, -0.25) is 0 Å². The van der Waals surface area contributed by atoms with Gasteiger partial charge in [-0.25, -0.2) is 4.79 Å². The van der Waals surface area contributed by atoms with Crippen molar-refractivity contribution in [3.8, 4) is 5.75 Å². The normalized spacial score (nSPS) is 15.4. The number of benzene rings is 1. The number of carbonyl (C=O) groups excluding carboxylic acids is 1. The van der Waals surface area contributed by atoms with Crippen molar-refractivity contribution >= 4 is 11.7 Å². The van der Waals surface area contributed by atoms with Crippen LogP contribution in [0.3, 0.4) is 0 Å². The van der Waals surface area contributed by atoms with Crippen LogP contribution in [0.25, 0.3) is 0 Å². The zero-order valence-corrected chi connectivity index (χ0v) is 11.3. The van der Waals surface area contributed by atoms with E-state index < -0.39 is 6.61 Å². The molecule has 1 aromatic rings. The molecule has 1 saturated carbocycles. The zero-order valence-electron chi connectivity index (χ0n) is 11.3. The average molecular weight is 284 g/mol. The molecule has 2 N–H and O–H groups in total. The number of ether oxygens (including phenoxy) is 1. The summed E-state index contributed by atoms with van der Waals surface area (Å²) in [4.78, 5) is 11.9.